The largest absolute Gasteiger partial charge is 0.459 e. The summed E-state index contributed by atoms with van der Waals surface area (Å²) in [4.78, 5) is 38.8. The zero-order chi connectivity index (χ0) is 22.1. The minimum atomic E-state index is -3.82. The van der Waals surface area contributed by atoms with Crippen LogP contribution in [0, 0.1) is 0 Å². The minimum Gasteiger partial charge on any atom is -0.459 e. The van der Waals surface area contributed by atoms with Crippen LogP contribution in [-0.2, 0) is 21.9 Å². The molecule has 0 radical (unpaired) electrons. The summed E-state index contributed by atoms with van der Waals surface area (Å²) in [5.74, 6) is -1.28. The summed E-state index contributed by atoms with van der Waals surface area (Å²) < 4.78 is 33.4. The molecule has 162 valence electrons. The predicted octanol–water partition coefficient (Wildman–Crippen LogP) is -0.678. The number of piperazine rings is 1. The lowest BCUT2D eigenvalue weighted by Gasteiger charge is -2.34. The first-order chi connectivity index (χ1) is 14.1. The second kappa shape index (κ2) is 8.32. The summed E-state index contributed by atoms with van der Waals surface area (Å²) in [5, 5.41) is 0. The Hall–Kier alpha value is -3.12. The first-order valence-electron chi connectivity index (χ1n) is 9.14. The molecule has 2 aromatic heterocycles. The summed E-state index contributed by atoms with van der Waals surface area (Å²) in [6.45, 7) is 0.440. The van der Waals surface area contributed by atoms with Crippen molar-refractivity contribution >= 4 is 27.7 Å². The maximum Gasteiger partial charge on any atom is 0.289 e. The van der Waals surface area contributed by atoms with Crippen LogP contribution in [0.1, 0.15) is 21.0 Å². The number of likely N-dealkylation sites (N-methyl/N-ethyl adjacent to an activating group) is 1. The third-order valence-corrected chi connectivity index (χ3v) is 6.78. The molecule has 2 aromatic rings. The van der Waals surface area contributed by atoms with E-state index in [1.54, 1.807) is 6.07 Å². The van der Waals surface area contributed by atoms with Gasteiger partial charge in [-0.25, -0.2) is 8.42 Å². The molecule has 1 saturated heterocycles. The molecule has 1 aliphatic rings. The zero-order valence-electron chi connectivity index (χ0n) is 16.6. The number of aromatic nitrogens is 1. The Balaban J connectivity index is 1.60. The second-order valence-electron chi connectivity index (χ2n) is 6.96. The summed E-state index contributed by atoms with van der Waals surface area (Å²) in [6.07, 6.45) is 2.71. The number of nitrogens with two attached hydrogens (primary N) is 1. The van der Waals surface area contributed by atoms with Crippen molar-refractivity contribution < 1.29 is 27.2 Å². The van der Waals surface area contributed by atoms with Gasteiger partial charge in [-0.2, -0.15) is 4.31 Å². The summed E-state index contributed by atoms with van der Waals surface area (Å²) in [6, 6.07) is 4.34. The molecule has 1 aliphatic heterocycles. The molecule has 0 atom stereocenters. The molecule has 2 N–H and O–H groups in total. The van der Waals surface area contributed by atoms with Gasteiger partial charge in [0, 0.05) is 46.5 Å². The third kappa shape index (κ3) is 4.24. The number of aryl methyl sites for hydroxylation is 1. The highest BCUT2D eigenvalue weighted by molar-refractivity contribution is 7.89. The molecule has 3 rings (SSSR count). The van der Waals surface area contributed by atoms with Gasteiger partial charge in [-0.15, -0.1) is 0 Å². The fourth-order valence-corrected chi connectivity index (χ4v) is 4.70. The third-order valence-electron chi connectivity index (χ3n) is 4.91. The van der Waals surface area contributed by atoms with Gasteiger partial charge >= 0.3 is 0 Å². The lowest BCUT2D eigenvalue weighted by molar-refractivity contribution is -0.132. The topological polar surface area (TPSA) is 139 Å². The summed E-state index contributed by atoms with van der Waals surface area (Å²) in [7, 11) is -0.789. The number of carbonyl (C=O) groups is 3. The van der Waals surface area contributed by atoms with Gasteiger partial charge in [0.05, 0.1) is 12.8 Å². The van der Waals surface area contributed by atoms with E-state index in [0.717, 1.165) is 0 Å². The van der Waals surface area contributed by atoms with Crippen LogP contribution >= 0.6 is 0 Å². The van der Waals surface area contributed by atoms with Crippen molar-refractivity contribution in [3.63, 3.8) is 0 Å². The maximum atomic E-state index is 12.8. The van der Waals surface area contributed by atoms with Crippen molar-refractivity contribution in [1.29, 1.82) is 0 Å². The number of hydrogen-bond acceptors (Lipinski definition) is 6. The highest BCUT2D eigenvalue weighted by Gasteiger charge is 2.32. The van der Waals surface area contributed by atoms with E-state index in [0.29, 0.717) is 0 Å². The molecule has 0 aromatic carbocycles. The molecule has 11 nitrogen and oxygen atoms in total. The molecule has 30 heavy (non-hydrogen) atoms. The van der Waals surface area contributed by atoms with E-state index in [2.05, 4.69) is 0 Å². The molecule has 3 amide bonds. The lowest BCUT2D eigenvalue weighted by atomic mass is 10.3. The van der Waals surface area contributed by atoms with Crippen LogP contribution in [0.25, 0.3) is 0 Å². The Morgan fingerprint density at radius 1 is 1.20 bits per heavy atom. The Morgan fingerprint density at radius 2 is 1.87 bits per heavy atom. The van der Waals surface area contributed by atoms with E-state index in [-0.39, 0.29) is 55.0 Å². The van der Waals surface area contributed by atoms with Crippen molar-refractivity contribution in [2.75, 3.05) is 39.8 Å². The molecule has 0 saturated carbocycles. The van der Waals surface area contributed by atoms with Crippen LogP contribution in [-0.4, -0.2) is 84.6 Å². The predicted molar refractivity (Wildman–Crippen MR) is 105 cm³/mol. The van der Waals surface area contributed by atoms with Crippen molar-refractivity contribution in [2.45, 2.75) is 4.90 Å². The number of amides is 3. The molecular formula is C18H23N5O6S. The standard InChI is InChI=1S/C18H23N5O6S/c1-20-11-13(10-14(20)17(19)25)30(27,28)23-7-5-22(6-8-23)16(24)12-21(2)18(26)15-4-3-9-29-15/h3-4,9-11H,5-8,12H2,1-2H3,(H2,19,25). The molecule has 12 heteroatoms. The van der Waals surface area contributed by atoms with Gasteiger partial charge in [0.15, 0.2) is 5.76 Å². The van der Waals surface area contributed by atoms with Crippen LogP contribution in [0.15, 0.2) is 40.0 Å². The summed E-state index contributed by atoms with van der Waals surface area (Å²) >= 11 is 0. The fraction of sp³-hybridized carbons (Fsp3) is 0.389. The maximum absolute atomic E-state index is 12.8. The van der Waals surface area contributed by atoms with Gasteiger partial charge in [0.2, 0.25) is 15.9 Å². The Bertz CT molecular complexity index is 1050. The van der Waals surface area contributed by atoms with Crippen molar-refractivity contribution in [1.82, 2.24) is 18.7 Å². The van der Waals surface area contributed by atoms with Crippen molar-refractivity contribution in [3.8, 4) is 0 Å². The number of hydrogen-bond donors (Lipinski definition) is 1. The van der Waals surface area contributed by atoms with Gasteiger partial charge < -0.3 is 24.5 Å². The first-order valence-corrected chi connectivity index (χ1v) is 10.6. The lowest BCUT2D eigenvalue weighted by Crippen LogP contribution is -2.52. The van der Waals surface area contributed by atoms with Gasteiger partial charge in [-0.3, -0.25) is 14.4 Å². The zero-order valence-corrected chi connectivity index (χ0v) is 17.5. The monoisotopic (exact) mass is 437 g/mol. The molecule has 0 unspecified atom stereocenters. The first kappa shape index (κ1) is 21.6. The van der Waals surface area contributed by atoms with E-state index in [9.17, 15) is 22.8 Å². The SMILES string of the molecule is CN(CC(=O)N1CCN(S(=O)(=O)c2cc(C(N)=O)n(C)c2)CC1)C(=O)c1ccco1. The Kier molecular flexibility index (Phi) is 5.99. The average molecular weight is 437 g/mol. The van der Waals surface area contributed by atoms with Crippen molar-refractivity contribution in [2.24, 2.45) is 12.8 Å². The fourth-order valence-electron chi connectivity index (χ4n) is 3.21. The average Bonchev–Trinajstić information content (AvgIpc) is 3.37. The highest BCUT2D eigenvalue weighted by atomic mass is 32.2. The van der Waals surface area contributed by atoms with Crippen molar-refractivity contribution in [3.05, 3.63) is 42.1 Å². The van der Waals surface area contributed by atoms with Gasteiger partial charge in [0.1, 0.15) is 10.6 Å². The highest BCUT2D eigenvalue weighted by Crippen LogP contribution is 2.20. The van der Waals surface area contributed by atoms with E-state index in [4.69, 9.17) is 10.2 Å². The van der Waals surface area contributed by atoms with E-state index < -0.39 is 21.8 Å². The number of nitrogens with zero attached hydrogens (tertiary/aromatic N) is 4. The van der Waals surface area contributed by atoms with E-state index in [1.165, 1.54) is 57.4 Å². The van der Waals surface area contributed by atoms with Crippen LogP contribution in [0.3, 0.4) is 0 Å². The van der Waals surface area contributed by atoms with Gasteiger partial charge in [-0.1, -0.05) is 0 Å². The number of primary amides is 1. The minimum absolute atomic E-state index is 0.0256. The summed E-state index contributed by atoms with van der Waals surface area (Å²) in [5.41, 5.74) is 5.34. The van der Waals surface area contributed by atoms with Gasteiger partial charge in [-0.05, 0) is 18.2 Å². The quantitative estimate of drug-likeness (QED) is 0.635. The van der Waals surface area contributed by atoms with Gasteiger partial charge in [0.25, 0.3) is 11.8 Å². The van der Waals surface area contributed by atoms with Crippen LogP contribution in [0.4, 0.5) is 0 Å². The Labute approximate surface area is 173 Å². The molecule has 0 spiro atoms. The van der Waals surface area contributed by atoms with Crippen LogP contribution in [0.2, 0.25) is 0 Å². The smallest absolute Gasteiger partial charge is 0.289 e. The number of sulfonamides is 1. The number of carbonyl (C=O) groups excluding carboxylic acids is 3. The van der Waals surface area contributed by atoms with Crippen LogP contribution in [0.5, 0.6) is 0 Å². The van der Waals surface area contributed by atoms with E-state index in [1.807, 2.05) is 0 Å². The number of rotatable bonds is 6. The molecule has 3 heterocycles. The normalized spacial score (nSPS) is 15.2. The molecular weight excluding hydrogens is 414 g/mol. The second-order valence-corrected chi connectivity index (χ2v) is 8.90. The molecule has 0 aliphatic carbocycles. The van der Waals surface area contributed by atoms with E-state index >= 15 is 0 Å². The molecule has 1 fully saturated rings. The molecule has 0 bridgehead atoms. The Morgan fingerprint density at radius 3 is 2.40 bits per heavy atom. The van der Waals surface area contributed by atoms with Crippen LogP contribution < -0.4 is 5.73 Å². The number of furan rings is 1.